The third-order valence-corrected chi connectivity index (χ3v) is 3.77. The first-order valence-corrected chi connectivity index (χ1v) is 7.00. The van der Waals surface area contributed by atoms with Crippen LogP contribution in [0.2, 0.25) is 0 Å². The molecule has 2 rings (SSSR count). The second-order valence-corrected chi connectivity index (χ2v) is 5.19. The van der Waals surface area contributed by atoms with Crippen molar-refractivity contribution >= 4 is 27.7 Å². The van der Waals surface area contributed by atoms with Crippen LogP contribution in [0.3, 0.4) is 0 Å². The van der Waals surface area contributed by atoms with Gasteiger partial charge in [0.15, 0.2) is 0 Å². The van der Waals surface area contributed by atoms with Crippen LogP contribution in [0.15, 0.2) is 34.9 Å². The molecule has 0 saturated heterocycles. The first kappa shape index (κ1) is 15.3. The molecule has 0 bridgehead atoms. The summed E-state index contributed by atoms with van der Waals surface area (Å²) < 4.78 is 11.2. The zero-order chi connectivity index (χ0) is 15.4. The number of ether oxygens (including phenoxy) is 2. The number of aryl methyl sites for hydroxylation is 1. The van der Waals surface area contributed by atoms with Crippen molar-refractivity contribution < 1.29 is 14.3 Å². The van der Waals surface area contributed by atoms with Crippen molar-refractivity contribution in [3.8, 4) is 11.5 Å². The van der Waals surface area contributed by atoms with Crippen molar-refractivity contribution in [3.05, 3.63) is 46.1 Å². The summed E-state index contributed by atoms with van der Waals surface area (Å²) in [5.74, 6) is 1.27. The minimum atomic E-state index is -0.288. The standard InChI is InChI=1S/C15H15BrN2O3/c1-9-6-14(17-8-12(9)16)18-15(19)11-5-4-10(20-2)7-13(11)21-3/h4-8H,1-3H3,(H,17,18,19). The van der Waals surface area contributed by atoms with E-state index in [1.807, 2.05) is 6.92 Å². The molecule has 1 heterocycles. The van der Waals surface area contributed by atoms with E-state index < -0.39 is 0 Å². The van der Waals surface area contributed by atoms with Crippen molar-refractivity contribution in [1.29, 1.82) is 0 Å². The number of rotatable bonds is 4. The van der Waals surface area contributed by atoms with Crippen LogP contribution < -0.4 is 14.8 Å². The third kappa shape index (κ3) is 3.52. The predicted molar refractivity (Wildman–Crippen MR) is 84.2 cm³/mol. The first-order chi connectivity index (χ1) is 10.0. The smallest absolute Gasteiger partial charge is 0.260 e. The number of carbonyl (C=O) groups excluding carboxylic acids is 1. The topological polar surface area (TPSA) is 60.5 Å². The van der Waals surface area contributed by atoms with Gasteiger partial charge in [0.25, 0.3) is 5.91 Å². The molecule has 0 aliphatic carbocycles. The quantitative estimate of drug-likeness (QED) is 0.917. The van der Waals surface area contributed by atoms with Crippen molar-refractivity contribution in [2.75, 3.05) is 19.5 Å². The summed E-state index contributed by atoms with van der Waals surface area (Å²) >= 11 is 3.37. The van der Waals surface area contributed by atoms with Gasteiger partial charge in [0.05, 0.1) is 19.8 Å². The lowest BCUT2D eigenvalue weighted by atomic mass is 10.1. The van der Waals surface area contributed by atoms with E-state index in [0.29, 0.717) is 22.9 Å². The normalized spacial score (nSPS) is 10.1. The number of methoxy groups -OCH3 is 2. The Morgan fingerprint density at radius 1 is 1.24 bits per heavy atom. The van der Waals surface area contributed by atoms with Crippen molar-refractivity contribution in [2.24, 2.45) is 0 Å². The molecule has 0 unspecified atom stereocenters. The van der Waals surface area contributed by atoms with Crippen LogP contribution >= 0.6 is 15.9 Å². The molecule has 1 aromatic carbocycles. The summed E-state index contributed by atoms with van der Waals surface area (Å²) in [4.78, 5) is 16.5. The van der Waals surface area contributed by atoms with Gasteiger partial charge in [0.1, 0.15) is 17.3 Å². The van der Waals surface area contributed by atoms with Crippen molar-refractivity contribution in [2.45, 2.75) is 6.92 Å². The monoisotopic (exact) mass is 350 g/mol. The lowest BCUT2D eigenvalue weighted by Gasteiger charge is -2.11. The van der Waals surface area contributed by atoms with Crippen LogP contribution in [-0.2, 0) is 0 Å². The molecule has 6 heteroatoms. The van der Waals surface area contributed by atoms with E-state index in [-0.39, 0.29) is 5.91 Å². The molecule has 1 amide bonds. The highest BCUT2D eigenvalue weighted by Crippen LogP contribution is 2.25. The average molecular weight is 351 g/mol. The van der Waals surface area contributed by atoms with E-state index in [9.17, 15) is 4.79 Å². The predicted octanol–water partition coefficient (Wildman–Crippen LogP) is 3.42. The number of aromatic nitrogens is 1. The molecule has 0 saturated carbocycles. The Kier molecular flexibility index (Phi) is 4.80. The SMILES string of the molecule is COc1ccc(C(=O)Nc2cc(C)c(Br)cn2)c(OC)c1. The highest BCUT2D eigenvalue weighted by Gasteiger charge is 2.14. The number of amides is 1. The van der Waals surface area contributed by atoms with Gasteiger partial charge in [-0.2, -0.15) is 0 Å². The Balaban J connectivity index is 2.25. The Hall–Kier alpha value is -2.08. The molecule has 0 fully saturated rings. The van der Waals surface area contributed by atoms with E-state index in [0.717, 1.165) is 10.0 Å². The fraction of sp³-hybridized carbons (Fsp3) is 0.200. The summed E-state index contributed by atoms with van der Waals surface area (Å²) in [6, 6.07) is 6.81. The number of pyridine rings is 1. The summed E-state index contributed by atoms with van der Waals surface area (Å²) in [6.07, 6.45) is 1.65. The highest BCUT2D eigenvalue weighted by molar-refractivity contribution is 9.10. The largest absolute Gasteiger partial charge is 0.497 e. The molecule has 0 spiro atoms. The highest BCUT2D eigenvalue weighted by atomic mass is 79.9. The Bertz CT molecular complexity index is 674. The van der Waals surface area contributed by atoms with Gasteiger partial charge in [-0.15, -0.1) is 0 Å². The van der Waals surface area contributed by atoms with Gasteiger partial charge in [0.2, 0.25) is 0 Å². The van der Waals surface area contributed by atoms with Gasteiger partial charge in [-0.25, -0.2) is 4.98 Å². The van der Waals surface area contributed by atoms with Crippen molar-refractivity contribution in [1.82, 2.24) is 4.98 Å². The van der Waals surface area contributed by atoms with Crippen LogP contribution in [0.1, 0.15) is 15.9 Å². The van der Waals surface area contributed by atoms with Crippen LogP contribution in [0.25, 0.3) is 0 Å². The number of halogens is 1. The molecule has 0 radical (unpaired) electrons. The molecular formula is C15H15BrN2O3. The zero-order valence-electron chi connectivity index (χ0n) is 11.9. The maximum atomic E-state index is 12.3. The van der Waals surface area contributed by atoms with Crippen LogP contribution in [-0.4, -0.2) is 25.1 Å². The van der Waals surface area contributed by atoms with E-state index in [1.165, 1.54) is 7.11 Å². The van der Waals surface area contributed by atoms with E-state index in [4.69, 9.17) is 9.47 Å². The fourth-order valence-electron chi connectivity index (χ4n) is 1.78. The summed E-state index contributed by atoms with van der Waals surface area (Å²) in [7, 11) is 3.07. The summed E-state index contributed by atoms with van der Waals surface area (Å²) in [5, 5.41) is 2.75. The van der Waals surface area contributed by atoms with Crippen LogP contribution in [0.4, 0.5) is 5.82 Å². The minimum Gasteiger partial charge on any atom is -0.497 e. The lowest BCUT2D eigenvalue weighted by molar-refractivity contribution is 0.102. The van der Waals surface area contributed by atoms with E-state index in [1.54, 1.807) is 37.6 Å². The molecule has 0 atom stereocenters. The third-order valence-electron chi connectivity index (χ3n) is 2.94. The molecular weight excluding hydrogens is 336 g/mol. The minimum absolute atomic E-state index is 0.288. The van der Waals surface area contributed by atoms with Gasteiger partial charge in [0, 0.05) is 16.7 Å². The maximum absolute atomic E-state index is 12.3. The van der Waals surface area contributed by atoms with Gasteiger partial charge < -0.3 is 14.8 Å². The summed E-state index contributed by atoms with van der Waals surface area (Å²) in [6.45, 7) is 1.93. The molecule has 5 nitrogen and oxygen atoms in total. The lowest BCUT2D eigenvalue weighted by Crippen LogP contribution is -2.14. The van der Waals surface area contributed by atoms with Gasteiger partial charge in [-0.05, 0) is 46.6 Å². The number of carbonyl (C=O) groups is 1. The maximum Gasteiger partial charge on any atom is 0.260 e. The van der Waals surface area contributed by atoms with Gasteiger partial charge >= 0.3 is 0 Å². The number of nitrogens with zero attached hydrogens (tertiary/aromatic N) is 1. The molecule has 1 aromatic heterocycles. The number of nitrogens with one attached hydrogen (secondary N) is 1. The van der Waals surface area contributed by atoms with E-state index >= 15 is 0 Å². The van der Waals surface area contributed by atoms with Crippen LogP contribution in [0.5, 0.6) is 11.5 Å². The zero-order valence-corrected chi connectivity index (χ0v) is 13.5. The Morgan fingerprint density at radius 2 is 2.00 bits per heavy atom. The molecule has 110 valence electrons. The van der Waals surface area contributed by atoms with Gasteiger partial charge in [-0.1, -0.05) is 0 Å². The molecule has 0 aliphatic heterocycles. The van der Waals surface area contributed by atoms with Gasteiger partial charge in [-0.3, -0.25) is 4.79 Å². The number of benzene rings is 1. The number of hydrogen-bond donors (Lipinski definition) is 1. The average Bonchev–Trinajstić information content (AvgIpc) is 2.50. The van der Waals surface area contributed by atoms with Crippen LogP contribution in [0, 0.1) is 6.92 Å². The Labute approximate surface area is 131 Å². The second kappa shape index (κ2) is 6.58. The second-order valence-electron chi connectivity index (χ2n) is 4.34. The summed E-state index contributed by atoms with van der Waals surface area (Å²) in [5.41, 5.74) is 1.41. The van der Waals surface area contributed by atoms with Crippen molar-refractivity contribution in [3.63, 3.8) is 0 Å². The molecule has 0 aliphatic rings. The van der Waals surface area contributed by atoms with E-state index in [2.05, 4.69) is 26.2 Å². The fourth-order valence-corrected chi connectivity index (χ4v) is 1.99. The first-order valence-electron chi connectivity index (χ1n) is 6.20. The molecule has 2 aromatic rings. The number of anilines is 1. The Morgan fingerprint density at radius 3 is 2.62 bits per heavy atom. The molecule has 21 heavy (non-hydrogen) atoms. The number of hydrogen-bond acceptors (Lipinski definition) is 4. The molecule has 1 N–H and O–H groups in total.